The van der Waals surface area contributed by atoms with Crippen molar-refractivity contribution in [2.45, 2.75) is 32.8 Å². The summed E-state index contributed by atoms with van der Waals surface area (Å²) in [5.41, 5.74) is 0.457. The molecule has 0 aliphatic rings. The van der Waals surface area contributed by atoms with Crippen LogP contribution in [0.5, 0.6) is 5.88 Å². The molecule has 2 rings (SSSR count). The Morgan fingerprint density at radius 2 is 1.92 bits per heavy atom. The number of alkyl carbamates (subject to hydrolysis) is 1. The normalized spacial score (nSPS) is 11.1. The van der Waals surface area contributed by atoms with Crippen LogP contribution in [-0.4, -0.2) is 42.9 Å². The number of methoxy groups -OCH3 is 1. The van der Waals surface area contributed by atoms with Crippen LogP contribution in [0.3, 0.4) is 0 Å². The first-order chi connectivity index (χ1) is 12.3. The maximum atomic E-state index is 12.0. The maximum absolute atomic E-state index is 12.0. The van der Waals surface area contributed by atoms with Crippen molar-refractivity contribution >= 4 is 23.0 Å². The lowest BCUT2D eigenvalue weighted by atomic mass is 10.1. The molecular weight excluding hydrogens is 336 g/mol. The molecule has 7 heteroatoms. The predicted octanol–water partition coefficient (Wildman–Crippen LogP) is 3.32. The van der Waals surface area contributed by atoms with E-state index in [-0.39, 0.29) is 18.1 Å². The van der Waals surface area contributed by atoms with Gasteiger partial charge in [-0.1, -0.05) is 18.2 Å². The minimum Gasteiger partial charge on any atom is -0.477 e. The molecule has 0 aliphatic heterocycles. The van der Waals surface area contributed by atoms with Gasteiger partial charge in [-0.05, 0) is 39.3 Å². The van der Waals surface area contributed by atoms with Gasteiger partial charge < -0.3 is 19.5 Å². The van der Waals surface area contributed by atoms with Gasteiger partial charge >= 0.3 is 12.1 Å². The molecule has 7 nitrogen and oxygen atoms in total. The molecule has 0 fully saturated rings. The van der Waals surface area contributed by atoms with Crippen molar-refractivity contribution < 1.29 is 23.8 Å². The van der Waals surface area contributed by atoms with Gasteiger partial charge in [0.2, 0.25) is 5.88 Å². The third-order valence-electron chi connectivity index (χ3n) is 3.32. The van der Waals surface area contributed by atoms with E-state index in [0.717, 1.165) is 10.9 Å². The Balaban J connectivity index is 1.95. The molecule has 0 aliphatic carbocycles. The minimum absolute atomic E-state index is 0.216. The van der Waals surface area contributed by atoms with Crippen LogP contribution in [0.4, 0.5) is 4.79 Å². The van der Waals surface area contributed by atoms with E-state index >= 15 is 0 Å². The smallest absolute Gasteiger partial charge is 0.407 e. The van der Waals surface area contributed by atoms with Gasteiger partial charge in [-0.2, -0.15) is 0 Å². The molecule has 0 unspecified atom stereocenters. The molecule has 1 heterocycles. The van der Waals surface area contributed by atoms with Crippen molar-refractivity contribution in [3.8, 4) is 5.88 Å². The molecule has 0 saturated heterocycles. The number of nitrogens with zero attached hydrogens (tertiary/aromatic N) is 1. The fourth-order valence-corrected chi connectivity index (χ4v) is 2.21. The van der Waals surface area contributed by atoms with Crippen LogP contribution in [0.1, 0.15) is 37.6 Å². The molecule has 0 atom stereocenters. The summed E-state index contributed by atoms with van der Waals surface area (Å²) in [7, 11) is 1.31. The first-order valence-electron chi connectivity index (χ1n) is 8.38. The van der Waals surface area contributed by atoms with Gasteiger partial charge in [0.05, 0.1) is 19.2 Å². The highest BCUT2D eigenvalue weighted by Gasteiger charge is 2.17. The van der Waals surface area contributed by atoms with E-state index in [1.807, 2.05) is 24.3 Å². The third kappa shape index (κ3) is 5.61. The fraction of sp³-hybridized carbons (Fsp3) is 0.421. The number of amides is 1. The van der Waals surface area contributed by atoms with Gasteiger partial charge in [-0.15, -0.1) is 0 Å². The summed E-state index contributed by atoms with van der Waals surface area (Å²) < 4.78 is 15.6. The number of carbonyl (C=O) groups is 2. The highest BCUT2D eigenvalue weighted by atomic mass is 16.6. The molecule has 0 radical (unpaired) electrons. The molecular formula is C19H24N2O5. The molecule has 1 N–H and O–H groups in total. The average molecular weight is 360 g/mol. The number of aromatic nitrogens is 1. The van der Waals surface area contributed by atoms with Gasteiger partial charge in [0.1, 0.15) is 11.2 Å². The summed E-state index contributed by atoms with van der Waals surface area (Å²) in [6.45, 7) is 6.07. The number of para-hydroxylation sites is 1. The number of benzene rings is 1. The van der Waals surface area contributed by atoms with Crippen LogP contribution < -0.4 is 10.1 Å². The second kappa shape index (κ2) is 8.51. The number of esters is 1. The molecule has 0 saturated carbocycles. The van der Waals surface area contributed by atoms with Gasteiger partial charge in [-0.25, -0.2) is 14.6 Å². The van der Waals surface area contributed by atoms with Crippen LogP contribution in [0, 0.1) is 0 Å². The predicted molar refractivity (Wildman–Crippen MR) is 97.4 cm³/mol. The van der Waals surface area contributed by atoms with E-state index in [1.165, 1.54) is 7.11 Å². The standard InChI is InChI=1S/C19H24N2O5/c1-19(2,3)26-18(23)20-10-7-11-25-16-14(17(22)24-4)12-13-8-5-6-9-15(13)21-16/h5-6,8-9,12H,7,10-11H2,1-4H3,(H,20,23). The molecule has 26 heavy (non-hydrogen) atoms. The Morgan fingerprint density at radius 3 is 2.62 bits per heavy atom. The zero-order valence-electron chi connectivity index (χ0n) is 15.5. The minimum atomic E-state index is -0.537. The molecule has 2 aromatic rings. The van der Waals surface area contributed by atoms with Crippen LogP contribution in [0.25, 0.3) is 10.9 Å². The van der Waals surface area contributed by atoms with Gasteiger partial charge in [0, 0.05) is 11.9 Å². The Bertz CT molecular complexity index is 783. The fourth-order valence-electron chi connectivity index (χ4n) is 2.21. The number of rotatable bonds is 6. The maximum Gasteiger partial charge on any atom is 0.407 e. The Morgan fingerprint density at radius 1 is 1.19 bits per heavy atom. The zero-order valence-corrected chi connectivity index (χ0v) is 15.5. The van der Waals surface area contributed by atoms with Crippen LogP contribution in [0.15, 0.2) is 30.3 Å². The van der Waals surface area contributed by atoms with Crippen molar-refractivity contribution in [3.63, 3.8) is 0 Å². The summed E-state index contributed by atoms with van der Waals surface area (Å²) in [5.74, 6) is -0.294. The number of ether oxygens (including phenoxy) is 3. The van der Waals surface area contributed by atoms with Crippen molar-refractivity contribution in [2.75, 3.05) is 20.3 Å². The monoisotopic (exact) mass is 360 g/mol. The summed E-state index contributed by atoms with van der Waals surface area (Å²) in [6, 6.07) is 9.13. The second-order valence-corrected chi connectivity index (χ2v) is 6.66. The lowest BCUT2D eigenvalue weighted by Crippen LogP contribution is -2.33. The highest BCUT2D eigenvalue weighted by molar-refractivity contribution is 5.96. The molecule has 140 valence electrons. The average Bonchev–Trinajstić information content (AvgIpc) is 2.58. The van der Waals surface area contributed by atoms with E-state index in [2.05, 4.69) is 10.3 Å². The van der Waals surface area contributed by atoms with Crippen LogP contribution in [-0.2, 0) is 9.47 Å². The largest absolute Gasteiger partial charge is 0.477 e. The number of hydrogen-bond acceptors (Lipinski definition) is 6. The number of hydrogen-bond donors (Lipinski definition) is 1. The summed E-state index contributed by atoms with van der Waals surface area (Å²) in [5, 5.41) is 3.48. The molecule has 0 spiro atoms. The summed E-state index contributed by atoms with van der Waals surface area (Å²) in [6.07, 6.45) is 0.0607. The van der Waals surface area contributed by atoms with E-state index in [0.29, 0.717) is 13.0 Å². The second-order valence-electron chi connectivity index (χ2n) is 6.66. The quantitative estimate of drug-likeness (QED) is 0.628. The van der Waals surface area contributed by atoms with Crippen molar-refractivity contribution in [2.24, 2.45) is 0 Å². The zero-order chi connectivity index (χ0) is 19.2. The van der Waals surface area contributed by atoms with E-state index in [1.54, 1.807) is 26.8 Å². The summed E-state index contributed by atoms with van der Waals surface area (Å²) >= 11 is 0. The van der Waals surface area contributed by atoms with Crippen molar-refractivity contribution in [1.82, 2.24) is 10.3 Å². The summed E-state index contributed by atoms with van der Waals surface area (Å²) in [4.78, 5) is 27.9. The molecule has 0 bridgehead atoms. The lowest BCUT2D eigenvalue weighted by Gasteiger charge is -2.19. The Labute approximate surface area is 152 Å². The van der Waals surface area contributed by atoms with Crippen LogP contribution in [0.2, 0.25) is 0 Å². The van der Waals surface area contributed by atoms with Gasteiger partial charge in [0.25, 0.3) is 0 Å². The topological polar surface area (TPSA) is 86.8 Å². The third-order valence-corrected chi connectivity index (χ3v) is 3.32. The van der Waals surface area contributed by atoms with Crippen LogP contribution >= 0.6 is 0 Å². The van der Waals surface area contributed by atoms with E-state index in [9.17, 15) is 9.59 Å². The number of nitrogens with one attached hydrogen (secondary N) is 1. The first-order valence-corrected chi connectivity index (χ1v) is 8.38. The number of pyridine rings is 1. The highest BCUT2D eigenvalue weighted by Crippen LogP contribution is 2.23. The number of fused-ring (bicyclic) bond motifs is 1. The molecule has 1 aromatic carbocycles. The first kappa shape index (κ1) is 19.5. The van der Waals surface area contributed by atoms with Gasteiger partial charge in [-0.3, -0.25) is 0 Å². The van der Waals surface area contributed by atoms with E-state index in [4.69, 9.17) is 14.2 Å². The van der Waals surface area contributed by atoms with Gasteiger partial charge in [0.15, 0.2) is 0 Å². The Kier molecular flexibility index (Phi) is 6.38. The van der Waals surface area contributed by atoms with E-state index < -0.39 is 17.7 Å². The molecule has 1 aromatic heterocycles. The van der Waals surface area contributed by atoms with Crippen molar-refractivity contribution in [1.29, 1.82) is 0 Å². The van der Waals surface area contributed by atoms with Crippen molar-refractivity contribution in [3.05, 3.63) is 35.9 Å². The number of carbonyl (C=O) groups excluding carboxylic acids is 2. The Hall–Kier alpha value is -2.83. The lowest BCUT2D eigenvalue weighted by molar-refractivity contribution is 0.0525. The SMILES string of the molecule is COC(=O)c1cc2ccccc2nc1OCCCNC(=O)OC(C)(C)C. The molecule has 1 amide bonds.